The van der Waals surface area contributed by atoms with Crippen molar-refractivity contribution in [2.75, 3.05) is 25.0 Å². The summed E-state index contributed by atoms with van der Waals surface area (Å²) >= 11 is 0. The molecule has 1 unspecified atom stereocenters. The van der Waals surface area contributed by atoms with E-state index in [0.717, 1.165) is 44.2 Å². The number of benzene rings is 1. The maximum absolute atomic E-state index is 14.2. The summed E-state index contributed by atoms with van der Waals surface area (Å²) in [6, 6.07) is 7.76. The number of aliphatic hydroxyl groups is 1. The molecular formula is C26H30FN5O4. The van der Waals surface area contributed by atoms with Crippen molar-refractivity contribution in [3.63, 3.8) is 0 Å². The molecule has 0 spiro atoms. The maximum Gasteiger partial charge on any atom is 0.254 e. The van der Waals surface area contributed by atoms with Crippen molar-refractivity contribution in [3.8, 4) is 5.75 Å². The van der Waals surface area contributed by atoms with Gasteiger partial charge in [-0.1, -0.05) is 6.07 Å². The number of aliphatic hydroxyl groups excluding tert-OH is 1. The minimum absolute atomic E-state index is 0.0315. The average molecular weight is 496 g/mol. The van der Waals surface area contributed by atoms with Crippen molar-refractivity contribution >= 4 is 11.7 Å². The summed E-state index contributed by atoms with van der Waals surface area (Å²) in [7, 11) is 0. The number of hydrogen-bond acceptors (Lipinski definition) is 8. The highest BCUT2D eigenvalue weighted by Crippen LogP contribution is 2.25. The molecule has 0 bridgehead atoms. The second kappa shape index (κ2) is 11.0. The van der Waals surface area contributed by atoms with Gasteiger partial charge in [0.2, 0.25) is 0 Å². The molecule has 2 aliphatic rings. The number of fused-ring (bicyclic) bond motifs is 1. The van der Waals surface area contributed by atoms with Crippen molar-refractivity contribution in [1.82, 2.24) is 20.2 Å². The van der Waals surface area contributed by atoms with Crippen LogP contribution in [0.15, 0.2) is 47.5 Å². The highest BCUT2D eigenvalue weighted by Gasteiger charge is 2.22. The van der Waals surface area contributed by atoms with Crippen molar-refractivity contribution in [2.45, 2.75) is 51.0 Å². The number of carbonyl (C=O) groups is 1. The first kappa shape index (κ1) is 24.2. The van der Waals surface area contributed by atoms with Crippen LogP contribution in [0.1, 0.15) is 46.5 Å². The van der Waals surface area contributed by atoms with E-state index in [2.05, 4.69) is 25.5 Å². The lowest BCUT2D eigenvalue weighted by Crippen LogP contribution is -2.42. The normalized spacial score (nSPS) is 16.6. The first-order valence-corrected chi connectivity index (χ1v) is 12.3. The number of oxazole rings is 1. The number of nitrogens with zero attached hydrogens (tertiary/aromatic N) is 3. The molecule has 10 heteroatoms. The Morgan fingerprint density at radius 1 is 1.28 bits per heavy atom. The van der Waals surface area contributed by atoms with E-state index >= 15 is 0 Å². The molecule has 1 aromatic carbocycles. The Morgan fingerprint density at radius 3 is 2.94 bits per heavy atom. The van der Waals surface area contributed by atoms with Gasteiger partial charge in [0, 0.05) is 32.2 Å². The minimum Gasteiger partial charge on any atom is -0.486 e. The summed E-state index contributed by atoms with van der Waals surface area (Å²) in [5.41, 5.74) is 2.31. The van der Waals surface area contributed by atoms with Gasteiger partial charge in [-0.25, -0.2) is 14.4 Å². The number of amides is 1. The van der Waals surface area contributed by atoms with Crippen molar-refractivity contribution in [2.24, 2.45) is 0 Å². The van der Waals surface area contributed by atoms with Gasteiger partial charge in [0.15, 0.2) is 18.0 Å². The monoisotopic (exact) mass is 495 g/mol. The standard InChI is InChI=1S/C26H30FN5O4/c27-24-12-29-25(31-19-2-1-3-19)9-23(24)26(34)30-10-20(33)14-32-7-6-17-8-21(5-4-18(17)13-32)35-15-22-11-28-16-36-22/h4-5,8-9,11-12,16,19-20,33H,1-3,6-7,10,13-15H2,(H,29,31)(H,30,34). The predicted molar refractivity (Wildman–Crippen MR) is 130 cm³/mol. The lowest BCUT2D eigenvalue weighted by Gasteiger charge is -2.30. The predicted octanol–water partition coefficient (Wildman–Crippen LogP) is 2.90. The van der Waals surface area contributed by atoms with Crippen LogP contribution < -0.4 is 15.4 Å². The van der Waals surface area contributed by atoms with Crippen LogP contribution >= 0.6 is 0 Å². The summed E-state index contributed by atoms with van der Waals surface area (Å²) in [6.07, 6.45) is 7.36. The molecule has 190 valence electrons. The fourth-order valence-electron chi connectivity index (χ4n) is 4.42. The zero-order valence-corrected chi connectivity index (χ0v) is 20.0. The minimum atomic E-state index is -0.780. The third-order valence-corrected chi connectivity index (χ3v) is 6.66. The Hall–Kier alpha value is -3.50. The number of carbonyl (C=O) groups excluding carboxylic acids is 1. The van der Waals surface area contributed by atoms with Gasteiger partial charge in [-0.15, -0.1) is 0 Å². The lowest BCUT2D eigenvalue weighted by atomic mass is 9.93. The number of β-amino-alcohol motifs (C(OH)–C–C–N with tert-alkyl or cyclic N) is 1. The molecule has 1 atom stereocenters. The van der Waals surface area contributed by atoms with Gasteiger partial charge in [0.05, 0.1) is 24.1 Å². The summed E-state index contributed by atoms with van der Waals surface area (Å²) in [5, 5.41) is 16.4. The summed E-state index contributed by atoms with van der Waals surface area (Å²) in [4.78, 5) is 22.6. The van der Waals surface area contributed by atoms with Crippen LogP contribution in [-0.2, 0) is 19.6 Å². The molecule has 1 aliphatic heterocycles. The smallest absolute Gasteiger partial charge is 0.254 e. The quantitative estimate of drug-likeness (QED) is 0.394. The molecule has 0 radical (unpaired) electrons. The molecule has 0 saturated heterocycles. The van der Waals surface area contributed by atoms with E-state index in [1.165, 1.54) is 23.6 Å². The van der Waals surface area contributed by atoms with Crippen LogP contribution in [0.25, 0.3) is 0 Å². The molecule has 3 aromatic rings. The second-order valence-corrected chi connectivity index (χ2v) is 9.36. The number of pyridine rings is 1. The van der Waals surface area contributed by atoms with Gasteiger partial charge in [-0.3, -0.25) is 9.69 Å². The molecule has 3 heterocycles. The largest absolute Gasteiger partial charge is 0.486 e. The Bertz CT molecular complexity index is 1190. The molecule has 3 N–H and O–H groups in total. The Kier molecular flexibility index (Phi) is 7.43. The van der Waals surface area contributed by atoms with Crippen LogP contribution in [0.5, 0.6) is 5.75 Å². The van der Waals surface area contributed by atoms with Gasteiger partial charge < -0.3 is 24.9 Å². The molecule has 1 fully saturated rings. The molecule has 5 rings (SSSR count). The van der Waals surface area contributed by atoms with E-state index in [9.17, 15) is 14.3 Å². The van der Waals surface area contributed by atoms with E-state index in [1.807, 2.05) is 18.2 Å². The van der Waals surface area contributed by atoms with E-state index < -0.39 is 17.8 Å². The lowest BCUT2D eigenvalue weighted by molar-refractivity contribution is 0.0838. The Labute approximate surface area is 208 Å². The fraction of sp³-hybridized carbons (Fsp3) is 0.423. The number of ether oxygens (including phenoxy) is 1. The van der Waals surface area contributed by atoms with Gasteiger partial charge >= 0.3 is 0 Å². The Balaban J connectivity index is 1.09. The number of nitrogens with one attached hydrogen (secondary N) is 2. The molecule has 2 aromatic heterocycles. The number of rotatable bonds is 10. The van der Waals surface area contributed by atoms with Gasteiger partial charge in [-0.05, 0) is 55.0 Å². The first-order valence-electron chi connectivity index (χ1n) is 12.3. The molecule has 9 nitrogen and oxygen atoms in total. The van der Waals surface area contributed by atoms with Gasteiger partial charge in [-0.2, -0.15) is 0 Å². The zero-order chi connectivity index (χ0) is 24.9. The SMILES string of the molecule is O=C(NCC(O)CN1CCc2cc(OCc3cnco3)ccc2C1)c1cc(NC2CCC2)ncc1F. The van der Waals surface area contributed by atoms with Crippen molar-refractivity contribution < 1.29 is 23.4 Å². The highest BCUT2D eigenvalue weighted by atomic mass is 19.1. The van der Waals surface area contributed by atoms with Crippen molar-refractivity contribution in [3.05, 3.63) is 71.3 Å². The summed E-state index contributed by atoms with van der Waals surface area (Å²) in [5.74, 6) is 0.684. The van der Waals surface area contributed by atoms with E-state index in [4.69, 9.17) is 9.15 Å². The number of hydrogen-bond donors (Lipinski definition) is 3. The molecule has 1 amide bonds. The van der Waals surface area contributed by atoms with Crippen LogP contribution in [0.3, 0.4) is 0 Å². The van der Waals surface area contributed by atoms with Crippen LogP contribution in [0.4, 0.5) is 10.2 Å². The van der Waals surface area contributed by atoms with E-state index in [-0.39, 0.29) is 12.1 Å². The summed E-state index contributed by atoms with van der Waals surface area (Å²) in [6.45, 7) is 2.22. The molecule has 36 heavy (non-hydrogen) atoms. The number of anilines is 1. The van der Waals surface area contributed by atoms with Crippen molar-refractivity contribution in [1.29, 1.82) is 0 Å². The molecular weight excluding hydrogens is 465 g/mol. The number of aromatic nitrogens is 2. The topological polar surface area (TPSA) is 113 Å². The van der Waals surface area contributed by atoms with Crippen LogP contribution in [0, 0.1) is 5.82 Å². The van der Waals surface area contributed by atoms with Crippen LogP contribution in [0.2, 0.25) is 0 Å². The number of halogens is 1. The van der Waals surface area contributed by atoms with Crippen LogP contribution in [-0.4, -0.2) is 57.7 Å². The Morgan fingerprint density at radius 2 is 2.17 bits per heavy atom. The van der Waals surface area contributed by atoms with E-state index in [1.54, 1.807) is 6.20 Å². The zero-order valence-electron chi connectivity index (χ0n) is 20.0. The van der Waals surface area contributed by atoms with E-state index in [0.29, 0.717) is 37.3 Å². The molecule has 1 aliphatic carbocycles. The van der Waals surface area contributed by atoms with Gasteiger partial charge in [0.25, 0.3) is 5.91 Å². The fourth-order valence-corrected chi connectivity index (χ4v) is 4.42. The van der Waals surface area contributed by atoms with Gasteiger partial charge in [0.1, 0.15) is 18.2 Å². The molecule has 1 saturated carbocycles. The maximum atomic E-state index is 14.2. The first-order chi connectivity index (χ1) is 17.5. The second-order valence-electron chi connectivity index (χ2n) is 9.36. The summed E-state index contributed by atoms with van der Waals surface area (Å²) < 4.78 is 25.2. The average Bonchev–Trinajstić information content (AvgIpc) is 3.38. The highest BCUT2D eigenvalue weighted by molar-refractivity contribution is 5.95. The third kappa shape index (κ3) is 6.00. The third-order valence-electron chi connectivity index (χ3n) is 6.66.